The van der Waals surface area contributed by atoms with E-state index in [1.54, 1.807) is 16.7 Å². The molecule has 1 atom stereocenters. The Labute approximate surface area is 129 Å². The normalized spacial score (nSPS) is 16.0. The standard InChI is InChI=1S/C14H15F2N3O2S/c1-8(9-2-6-11(7-3-9)21-12(15)16)22-14-18-17-13(20)19(14)10-4-5-10/h2-3,6-8,10,12H,4-5H2,1H3,(H,17,20). The second-order valence-corrected chi connectivity index (χ2v) is 6.43. The zero-order chi connectivity index (χ0) is 15.7. The van der Waals surface area contributed by atoms with Gasteiger partial charge in [-0.15, -0.1) is 5.10 Å². The number of rotatable bonds is 6. The third kappa shape index (κ3) is 3.32. The van der Waals surface area contributed by atoms with Crippen LogP contribution in [0.1, 0.15) is 36.6 Å². The van der Waals surface area contributed by atoms with Gasteiger partial charge in [0.15, 0.2) is 5.16 Å². The summed E-state index contributed by atoms with van der Waals surface area (Å²) in [6.45, 7) is -0.848. The van der Waals surface area contributed by atoms with Crippen LogP contribution in [0.2, 0.25) is 0 Å². The van der Waals surface area contributed by atoms with Crippen molar-refractivity contribution in [2.75, 3.05) is 0 Å². The van der Waals surface area contributed by atoms with Gasteiger partial charge in [-0.2, -0.15) is 8.78 Å². The molecule has 0 aliphatic heterocycles. The van der Waals surface area contributed by atoms with E-state index in [1.165, 1.54) is 23.9 Å². The number of halogens is 2. The lowest BCUT2D eigenvalue weighted by Gasteiger charge is -2.12. The Morgan fingerprint density at radius 3 is 2.64 bits per heavy atom. The summed E-state index contributed by atoms with van der Waals surface area (Å²) in [6, 6.07) is 6.75. The summed E-state index contributed by atoms with van der Waals surface area (Å²) in [5.74, 6) is 0.130. The molecule has 0 radical (unpaired) electrons. The lowest BCUT2D eigenvalue weighted by Crippen LogP contribution is -2.16. The van der Waals surface area contributed by atoms with E-state index >= 15 is 0 Å². The maximum atomic E-state index is 12.1. The molecule has 0 amide bonds. The van der Waals surface area contributed by atoms with Crippen LogP contribution in [0.25, 0.3) is 0 Å². The maximum Gasteiger partial charge on any atom is 0.387 e. The topological polar surface area (TPSA) is 59.9 Å². The van der Waals surface area contributed by atoms with Gasteiger partial charge in [-0.05, 0) is 37.5 Å². The number of ether oxygens (including phenoxy) is 1. The molecule has 0 spiro atoms. The molecule has 1 aliphatic carbocycles. The predicted octanol–water partition coefficient (Wildman–Crippen LogP) is 3.36. The van der Waals surface area contributed by atoms with Crippen molar-refractivity contribution in [2.24, 2.45) is 0 Å². The molecule has 2 aromatic rings. The Bertz CT molecular complexity index is 695. The van der Waals surface area contributed by atoms with E-state index < -0.39 is 6.61 Å². The minimum Gasteiger partial charge on any atom is -0.435 e. The summed E-state index contributed by atoms with van der Waals surface area (Å²) in [7, 11) is 0. The van der Waals surface area contributed by atoms with E-state index in [0.717, 1.165) is 18.4 Å². The Balaban J connectivity index is 1.71. The highest BCUT2D eigenvalue weighted by molar-refractivity contribution is 7.99. The van der Waals surface area contributed by atoms with Crippen molar-refractivity contribution in [3.05, 3.63) is 40.3 Å². The van der Waals surface area contributed by atoms with Gasteiger partial charge in [0.2, 0.25) is 0 Å². The first-order chi connectivity index (χ1) is 10.5. The van der Waals surface area contributed by atoms with Crippen molar-refractivity contribution < 1.29 is 13.5 Å². The molecule has 1 N–H and O–H groups in total. The summed E-state index contributed by atoms with van der Waals surface area (Å²) in [4.78, 5) is 11.7. The van der Waals surface area contributed by atoms with Gasteiger partial charge in [0, 0.05) is 11.3 Å². The first kappa shape index (κ1) is 15.1. The monoisotopic (exact) mass is 327 g/mol. The summed E-state index contributed by atoms with van der Waals surface area (Å²) in [5.41, 5.74) is 0.766. The quantitative estimate of drug-likeness (QED) is 0.827. The molecule has 1 heterocycles. The van der Waals surface area contributed by atoms with Crippen LogP contribution in [0.3, 0.4) is 0 Å². The highest BCUT2D eigenvalue weighted by Gasteiger charge is 2.29. The van der Waals surface area contributed by atoms with Crippen molar-refractivity contribution in [3.8, 4) is 5.75 Å². The number of aromatic nitrogens is 3. The third-order valence-electron chi connectivity index (χ3n) is 3.44. The van der Waals surface area contributed by atoms with Crippen LogP contribution < -0.4 is 10.4 Å². The molecule has 118 valence electrons. The highest BCUT2D eigenvalue weighted by atomic mass is 32.2. The first-order valence-electron chi connectivity index (χ1n) is 6.93. The van der Waals surface area contributed by atoms with Crippen LogP contribution in [0.4, 0.5) is 8.78 Å². The molecule has 1 unspecified atom stereocenters. The Morgan fingerprint density at radius 2 is 2.05 bits per heavy atom. The first-order valence-corrected chi connectivity index (χ1v) is 7.81. The molecular formula is C14H15F2N3O2S. The average Bonchev–Trinajstić information content (AvgIpc) is 3.24. The maximum absolute atomic E-state index is 12.1. The smallest absolute Gasteiger partial charge is 0.387 e. The average molecular weight is 327 g/mol. The van der Waals surface area contributed by atoms with Crippen molar-refractivity contribution in [1.82, 2.24) is 14.8 Å². The molecule has 8 heteroatoms. The number of nitrogens with one attached hydrogen (secondary N) is 1. The number of nitrogens with zero attached hydrogens (tertiary/aromatic N) is 2. The molecule has 0 bridgehead atoms. The van der Waals surface area contributed by atoms with Gasteiger partial charge in [-0.3, -0.25) is 4.57 Å². The minimum atomic E-state index is -2.82. The number of hydrogen-bond donors (Lipinski definition) is 1. The fourth-order valence-electron chi connectivity index (χ4n) is 2.17. The van der Waals surface area contributed by atoms with Crippen molar-refractivity contribution in [2.45, 2.75) is 42.8 Å². The molecular weight excluding hydrogens is 312 g/mol. The number of alkyl halides is 2. The summed E-state index contributed by atoms with van der Waals surface area (Å²) >= 11 is 1.46. The largest absolute Gasteiger partial charge is 0.435 e. The van der Waals surface area contributed by atoms with Crippen LogP contribution in [0.5, 0.6) is 5.75 Å². The van der Waals surface area contributed by atoms with E-state index in [0.29, 0.717) is 5.16 Å². The molecule has 1 saturated carbocycles. The zero-order valence-corrected chi connectivity index (χ0v) is 12.6. The number of thioether (sulfide) groups is 1. The number of aromatic amines is 1. The lowest BCUT2D eigenvalue weighted by atomic mass is 10.2. The molecule has 22 heavy (non-hydrogen) atoms. The van der Waals surface area contributed by atoms with E-state index in [4.69, 9.17) is 0 Å². The van der Waals surface area contributed by atoms with Gasteiger partial charge < -0.3 is 4.74 Å². The lowest BCUT2D eigenvalue weighted by molar-refractivity contribution is -0.0498. The molecule has 1 aromatic carbocycles. The van der Waals surface area contributed by atoms with Crippen LogP contribution >= 0.6 is 11.8 Å². The van der Waals surface area contributed by atoms with Crippen LogP contribution in [0, 0.1) is 0 Å². The zero-order valence-electron chi connectivity index (χ0n) is 11.8. The number of hydrogen-bond acceptors (Lipinski definition) is 4. The fourth-order valence-corrected chi connectivity index (χ4v) is 3.23. The van der Waals surface area contributed by atoms with E-state index in [-0.39, 0.29) is 22.7 Å². The second kappa shape index (κ2) is 6.12. The van der Waals surface area contributed by atoms with Crippen LogP contribution in [-0.4, -0.2) is 21.4 Å². The SMILES string of the molecule is CC(Sc1n[nH]c(=O)n1C1CC1)c1ccc(OC(F)F)cc1. The second-order valence-electron chi connectivity index (χ2n) is 5.12. The molecule has 1 aromatic heterocycles. The van der Waals surface area contributed by atoms with Gasteiger partial charge in [0.1, 0.15) is 5.75 Å². The number of benzene rings is 1. The minimum absolute atomic E-state index is 0.0355. The van der Waals surface area contributed by atoms with Crippen LogP contribution in [-0.2, 0) is 0 Å². The van der Waals surface area contributed by atoms with Gasteiger partial charge in [-0.1, -0.05) is 23.9 Å². The van der Waals surface area contributed by atoms with Crippen molar-refractivity contribution in [3.63, 3.8) is 0 Å². The Kier molecular flexibility index (Phi) is 4.19. The summed E-state index contributed by atoms with van der Waals surface area (Å²) in [5, 5.41) is 7.24. The predicted molar refractivity (Wildman–Crippen MR) is 78.5 cm³/mol. The van der Waals surface area contributed by atoms with Gasteiger partial charge >= 0.3 is 12.3 Å². The van der Waals surface area contributed by atoms with Gasteiger partial charge in [0.05, 0.1) is 0 Å². The van der Waals surface area contributed by atoms with Crippen LogP contribution in [0.15, 0.2) is 34.2 Å². The van der Waals surface area contributed by atoms with Crippen molar-refractivity contribution in [1.29, 1.82) is 0 Å². The van der Waals surface area contributed by atoms with E-state index in [9.17, 15) is 13.6 Å². The van der Waals surface area contributed by atoms with Gasteiger partial charge in [0.25, 0.3) is 0 Å². The third-order valence-corrected chi connectivity index (χ3v) is 4.57. The Hall–Kier alpha value is -1.83. The highest BCUT2D eigenvalue weighted by Crippen LogP contribution is 2.40. The fraction of sp³-hybridized carbons (Fsp3) is 0.429. The van der Waals surface area contributed by atoms with E-state index in [1.807, 2.05) is 6.92 Å². The summed E-state index contributed by atoms with van der Waals surface area (Å²) in [6.07, 6.45) is 2.00. The molecule has 5 nitrogen and oxygen atoms in total. The molecule has 0 saturated heterocycles. The Morgan fingerprint density at radius 1 is 1.36 bits per heavy atom. The number of H-pyrrole nitrogens is 1. The summed E-state index contributed by atoms with van der Waals surface area (Å²) < 4.78 is 30.3. The van der Waals surface area contributed by atoms with Crippen molar-refractivity contribution >= 4 is 11.8 Å². The molecule has 1 aliphatic rings. The van der Waals surface area contributed by atoms with E-state index in [2.05, 4.69) is 14.9 Å². The van der Waals surface area contributed by atoms with Gasteiger partial charge in [-0.25, -0.2) is 9.89 Å². The molecule has 3 rings (SSSR count). The molecule has 1 fully saturated rings.